The zero-order valence-electron chi connectivity index (χ0n) is 20.1. The van der Waals surface area contributed by atoms with E-state index in [1.807, 2.05) is 24.8 Å². The number of carbonyl (C=O) groups excluding carboxylic acids is 2. The molecular weight excluding hydrogens is 454 g/mol. The summed E-state index contributed by atoms with van der Waals surface area (Å²) in [7, 11) is 0. The number of rotatable bonds is 7. The SMILES string of the molecule is CC[C@@H](C)Nc1cc(C)c(-c2sc(C(=O)N[C@H]3COC[C@@H]3O)nc2C(=O)N2CCC[C@@H]2C)cn1. The van der Waals surface area contributed by atoms with Crippen LogP contribution in [-0.2, 0) is 4.74 Å². The number of ether oxygens (including phenoxy) is 1. The number of carbonyl (C=O) groups is 2. The van der Waals surface area contributed by atoms with Crippen molar-refractivity contribution in [2.24, 2.45) is 0 Å². The Morgan fingerprint density at radius 1 is 1.38 bits per heavy atom. The van der Waals surface area contributed by atoms with Crippen LogP contribution in [0.1, 0.15) is 65.9 Å². The average molecular weight is 488 g/mol. The minimum atomic E-state index is -0.757. The molecule has 4 rings (SSSR count). The molecule has 34 heavy (non-hydrogen) atoms. The molecule has 184 valence electrons. The second-order valence-corrected chi connectivity index (χ2v) is 10.2. The van der Waals surface area contributed by atoms with Crippen LogP contribution in [0.4, 0.5) is 5.82 Å². The fourth-order valence-electron chi connectivity index (χ4n) is 4.25. The summed E-state index contributed by atoms with van der Waals surface area (Å²) in [6.07, 6.45) is 3.87. The van der Waals surface area contributed by atoms with Gasteiger partial charge in [0.1, 0.15) is 11.5 Å². The number of anilines is 1. The summed E-state index contributed by atoms with van der Waals surface area (Å²) in [5, 5.41) is 16.3. The van der Waals surface area contributed by atoms with Gasteiger partial charge in [0.2, 0.25) is 0 Å². The summed E-state index contributed by atoms with van der Waals surface area (Å²) in [4.78, 5) is 38.0. The van der Waals surface area contributed by atoms with Crippen LogP contribution in [0.15, 0.2) is 12.3 Å². The van der Waals surface area contributed by atoms with Gasteiger partial charge in [-0.05, 0) is 51.7 Å². The van der Waals surface area contributed by atoms with Crippen LogP contribution in [0, 0.1) is 6.92 Å². The quantitative estimate of drug-likeness (QED) is 0.550. The molecule has 2 aromatic heterocycles. The Morgan fingerprint density at radius 2 is 2.18 bits per heavy atom. The number of hydrogen-bond donors (Lipinski definition) is 3. The second kappa shape index (κ2) is 10.4. The lowest BCUT2D eigenvalue weighted by molar-refractivity contribution is 0.0743. The second-order valence-electron chi connectivity index (χ2n) is 9.21. The van der Waals surface area contributed by atoms with E-state index >= 15 is 0 Å². The number of aliphatic hydroxyl groups excluding tert-OH is 1. The van der Waals surface area contributed by atoms with Crippen molar-refractivity contribution < 1.29 is 19.4 Å². The molecule has 2 fully saturated rings. The number of amides is 2. The fraction of sp³-hybridized carbons (Fsp3) is 0.583. The molecule has 2 saturated heterocycles. The molecule has 4 heterocycles. The monoisotopic (exact) mass is 487 g/mol. The summed E-state index contributed by atoms with van der Waals surface area (Å²) < 4.78 is 5.23. The van der Waals surface area contributed by atoms with E-state index in [1.165, 1.54) is 11.3 Å². The first kappa shape index (κ1) is 24.6. The first-order valence-electron chi connectivity index (χ1n) is 11.9. The van der Waals surface area contributed by atoms with Gasteiger partial charge < -0.3 is 25.4 Å². The van der Waals surface area contributed by atoms with Crippen molar-refractivity contribution in [3.8, 4) is 10.4 Å². The zero-order chi connectivity index (χ0) is 24.4. The van der Waals surface area contributed by atoms with Gasteiger partial charge in [-0.3, -0.25) is 9.59 Å². The maximum atomic E-state index is 13.5. The molecule has 0 aliphatic carbocycles. The predicted molar refractivity (Wildman–Crippen MR) is 131 cm³/mol. The third kappa shape index (κ3) is 5.08. The fourth-order valence-corrected chi connectivity index (χ4v) is 5.29. The molecule has 4 atom stereocenters. The number of thiazole rings is 1. The summed E-state index contributed by atoms with van der Waals surface area (Å²) in [6, 6.07) is 1.89. The Kier molecular flexibility index (Phi) is 7.49. The Morgan fingerprint density at radius 3 is 2.79 bits per heavy atom. The minimum absolute atomic E-state index is 0.131. The maximum Gasteiger partial charge on any atom is 0.280 e. The molecule has 0 radical (unpaired) electrons. The van der Waals surface area contributed by atoms with Crippen LogP contribution in [-0.4, -0.2) is 75.8 Å². The zero-order valence-corrected chi connectivity index (χ0v) is 20.9. The van der Waals surface area contributed by atoms with Gasteiger partial charge in [0.05, 0.1) is 30.2 Å². The Hall–Kier alpha value is -2.56. The molecule has 2 aromatic rings. The van der Waals surface area contributed by atoms with Crippen molar-refractivity contribution in [2.45, 2.75) is 71.2 Å². The number of aliphatic hydroxyl groups is 1. The summed E-state index contributed by atoms with van der Waals surface area (Å²) in [5.74, 6) is 0.185. The third-order valence-corrected chi connectivity index (χ3v) is 7.65. The lowest BCUT2D eigenvalue weighted by atomic mass is 10.1. The normalized spacial score (nSPS) is 23.2. The van der Waals surface area contributed by atoms with E-state index in [0.717, 1.165) is 36.2 Å². The minimum Gasteiger partial charge on any atom is -0.388 e. The Balaban J connectivity index is 1.68. The van der Waals surface area contributed by atoms with Gasteiger partial charge >= 0.3 is 0 Å². The molecular formula is C24H33N5O4S. The Bertz CT molecular complexity index is 1060. The molecule has 3 N–H and O–H groups in total. The number of hydrogen-bond acceptors (Lipinski definition) is 8. The number of pyridine rings is 1. The highest BCUT2D eigenvalue weighted by molar-refractivity contribution is 7.17. The number of nitrogens with one attached hydrogen (secondary N) is 2. The van der Waals surface area contributed by atoms with Crippen LogP contribution in [0.25, 0.3) is 10.4 Å². The third-order valence-electron chi connectivity index (χ3n) is 6.57. The molecule has 2 aliphatic rings. The number of aromatic nitrogens is 2. The van der Waals surface area contributed by atoms with E-state index in [-0.39, 0.29) is 35.9 Å². The molecule has 10 heteroatoms. The highest BCUT2D eigenvalue weighted by Gasteiger charge is 2.33. The van der Waals surface area contributed by atoms with E-state index in [4.69, 9.17) is 4.74 Å². The smallest absolute Gasteiger partial charge is 0.280 e. The van der Waals surface area contributed by atoms with Crippen LogP contribution in [0.3, 0.4) is 0 Å². The molecule has 0 spiro atoms. The largest absolute Gasteiger partial charge is 0.388 e. The van der Waals surface area contributed by atoms with E-state index in [1.54, 1.807) is 6.20 Å². The lowest BCUT2D eigenvalue weighted by Gasteiger charge is -2.21. The van der Waals surface area contributed by atoms with Crippen molar-refractivity contribution >= 4 is 29.0 Å². The summed E-state index contributed by atoms with van der Waals surface area (Å²) in [5.41, 5.74) is 2.00. The van der Waals surface area contributed by atoms with E-state index < -0.39 is 18.1 Å². The molecule has 2 amide bonds. The highest BCUT2D eigenvalue weighted by atomic mass is 32.1. The maximum absolute atomic E-state index is 13.5. The van der Waals surface area contributed by atoms with Crippen molar-refractivity contribution in [1.29, 1.82) is 0 Å². The van der Waals surface area contributed by atoms with E-state index in [0.29, 0.717) is 17.5 Å². The molecule has 0 aromatic carbocycles. The van der Waals surface area contributed by atoms with Crippen LogP contribution >= 0.6 is 11.3 Å². The first-order valence-corrected chi connectivity index (χ1v) is 12.7. The average Bonchev–Trinajstić information content (AvgIpc) is 3.54. The predicted octanol–water partition coefficient (Wildman–Crippen LogP) is 2.84. The van der Waals surface area contributed by atoms with Gasteiger partial charge in [0, 0.05) is 30.4 Å². The van der Waals surface area contributed by atoms with E-state index in [2.05, 4.69) is 34.4 Å². The van der Waals surface area contributed by atoms with Crippen LogP contribution in [0.2, 0.25) is 0 Å². The Labute approximate surface area is 203 Å². The summed E-state index contributed by atoms with van der Waals surface area (Å²) >= 11 is 1.18. The van der Waals surface area contributed by atoms with Crippen molar-refractivity contribution in [1.82, 2.24) is 20.2 Å². The van der Waals surface area contributed by atoms with Gasteiger partial charge in [-0.1, -0.05) is 6.92 Å². The molecule has 0 saturated carbocycles. The van der Waals surface area contributed by atoms with E-state index in [9.17, 15) is 14.7 Å². The number of likely N-dealkylation sites (tertiary alicyclic amines) is 1. The van der Waals surface area contributed by atoms with Gasteiger partial charge in [0.15, 0.2) is 5.01 Å². The number of aryl methyl sites for hydroxylation is 1. The first-order chi connectivity index (χ1) is 16.3. The topological polar surface area (TPSA) is 117 Å². The van der Waals surface area contributed by atoms with Gasteiger partial charge in [0.25, 0.3) is 11.8 Å². The van der Waals surface area contributed by atoms with Crippen molar-refractivity contribution in [2.75, 3.05) is 25.1 Å². The number of nitrogens with zero attached hydrogens (tertiary/aromatic N) is 3. The van der Waals surface area contributed by atoms with Gasteiger partial charge in [-0.2, -0.15) is 0 Å². The van der Waals surface area contributed by atoms with Gasteiger partial charge in [-0.25, -0.2) is 9.97 Å². The lowest BCUT2D eigenvalue weighted by Crippen LogP contribution is -2.42. The summed E-state index contributed by atoms with van der Waals surface area (Å²) in [6.45, 7) is 9.32. The molecule has 0 bridgehead atoms. The molecule has 9 nitrogen and oxygen atoms in total. The van der Waals surface area contributed by atoms with Crippen LogP contribution in [0.5, 0.6) is 0 Å². The standard InChI is InChI=1S/C24H33N5O4S/c1-5-14(3)26-19-9-13(2)16(10-25-19)21-20(24(32)29-8-6-7-15(29)4)28-23(34-21)22(31)27-17-11-33-12-18(17)30/h9-10,14-15,17-18,30H,5-8,11-12H2,1-4H3,(H,25,26)(H,27,31)/t14-,15+,17+,18+/m1/s1. The van der Waals surface area contributed by atoms with Crippen molar-refractivity contribution in [3.05, 3.63) is 28.5 Å². The van der Waals surface area contributed by atoms with Gasteiger partial charge in [-0.15, -0.1) is 11.3 Å². The van der Waals surface area contributed by atoms with Crippen molar-refractivity contribution in [3.63, 3.8) is 0 Å². The highest BCUT2D eigenvalue weighted by Crippen LogP contribution is 2.35. The molecule has 0 unspecified atom stereocenters. The van der Waals surface area contributed by atoms with Crippen LogP contribution < -0.4 is 10.6 Å². The molecule has 2 aliphatic heterocycles.